The number of furan rings is 1. The van der Waals surface area contributed by atoms with Crippen LogP contribution in [-0.4, -0.2) is 22.8 Å². The summed E-state index contributed by atoms with van der Waals surface area (Å²) in [6.07, 6.45) is 1.65. The lowest BCUT2D eigenvalue weighted by molar-refractivity contribution is 0.0997. The number of carbonyl (C=O) groups excluding carboxylic acids is 1. The highest BCUT2D eigenvalue weighted by Crippen LogP contribution is 2.28. The second-order valence-electron chi connectivity index (χ2n) is 6.37. The van der Waals surface area contributed by atoms with Gasteiger partial charge in [0.1, 0.15) is 17.2 Å². The molecule has 0 saturated carbocycles. The number of aromatic nitrogens is 2. The molecule has 0 aliphatic heterocycles. The number of hydrogen-bond acceptors (Lipinski definition) is 4. The van der Waals surface area contributed by atoms with Crippen LogP contribution in [0.15, 0.2) is 63.6 Å². The Balaban J connectivity index is 1.56. The summed E-state index contributed by atoms with van der Waals surface area (Å²) in [4.78, 5) is 12.8. The minimum Gasteiger partial charge on any atom is -0.497 e. The Hall–Kier alpha value is -3.06. The van der Waals surface area contributed by atoms with Crippen molar-refractivity contribution in [1.82, 2.24) is 9.78 Å². The third kappa shape index (κ3) is 3.53. The van der Waals surface area contributed by atoms with Crippen molar-refractivity contribution in [2.75, 3.05) is 12.4 Å². The fourth-order valence-electron chi connectivity index (χ4n) is 3.06. The first-order chi connectivity index (χ1) is 13.5. The molecule has 0 atom stereocenters. The van der Waals surface area contributed by atoms with Gasteiger partial charge in [0.25, 0.3) is 5.91 Å². The van der Waals surface area contributed by atoms with Crippen LogP contribution in [0.25, 0.3) is 11.0 Å². The average Bonchev–Trinajstić information content (AvgIpc) is 3.26. The van der Waals surface area contributed by atoms with Crippen LogP contribution in [0.4, 0.5) is 5.82 Å². The molecule has 2 aromatic carbocycles. The molecule has 28 heavy (non-hydrogen) atoms. The number of nitrogens with zero attached hydrogens (tertiary/aromatic N) is 2. The third-order valence-electron chi connectivity index (χ3n) is 4.56. The van der Waals surface area contributed by atoms with Crippen LogP contribution in [0.3, 0.4) is 0 Å². The van der Waals surface area contributed by atoms with Gasteiger partial charge in [-0.1, -0.05) is 28.1 Å². The number of carbonyl (C=O) groups is 1. The van der Waals surface area contributed by atoms with Gasteiger partial charge in [0.2, 0.25) is 0 Å². The highest BCUT2D eigenvalue weighted by molar-refractivity contribution is 9.10. The predicted molar refractivity (Wildman–Crippen MR) is 111 cm³/mol. The first-order valence-corrected chi connectivity index (χ1v) is 9.49. The van der Waals surface area contributed by atoms with Gasteiger partial charge in [-0.25, -0.2) is 4.68 Å². The molecule has 0 aliphatic rings. The molecule has 0 unspecified atom stereocenters. The minimum absolute atomic E-state index is 0.297. The fourth-order valence-corrected chi connectivity index (χ4v) is 3.40. The maximum Gasteiger partial charge on any atom is 0.292 e. The van der Waals surface area contributed by atoms with E-state index in [2.05, 4.69) is 26.3 Å². The van der Waals surface area contributed by atoms with Gasteiger partial charge < -0.3 is 14.5 Å². The summed E-state index contributed by atoms with van der Waals surface area (Å²) in [5, 5.41) is 8.13. The molecule has 0 bridgehead atoms. The Morgan fingerprint density at radius 3 is 2.75 bits per heavy atom. The van der Waals surface area contributed by atoms with E-state index in [1.54, 1.807) is 24.1 Å². The Bertz CT molecular complexity index is 1150. The summed E-state index contributed by atoms with van der Waals surface area (Å²) in [5.74, 6) is 1.39. The maximum absolute atomic E-state index is 12.8. The second kappa shape index (κ2) is 7.52. The van der Waals surface area contributed by atoms with Crippen LogP contribution >= 0.6 is 15.9 Å². The molecule has 7 heteroatoms. The summed E-state index contributed by atoms with van der Waals surface area (Å²) < 4.78 is 13.6. The highest BCUT2D eigenvalue weighted by atomic mass is 79.9. The SMILES string of the molecule is COc1ccc(Cn2nccc2NC(=O)c2oc3cc(Br)ccc3c2C)cc1. The Labute approximate surface area is 170 Å². The van der Waals surface area contributed by atoms with E-state index in [9.17, 15) is 4.79 Å². The molecule has 1 amide bonds. The van der Waals surface area contributed by atoms with E-state index in [1.807, 2.05) is 49.4 Å². The Morgan fingerprint density at radius 2 is 2.00 bits per heavy atom. The second-order valence-corrected chi connectivity index (χ2v) is 7.29. The summed E-state index contributed by atoms with van der Waals surface area (Å²) in [5.41, 5.74) is 2.52. The van der Waals surface area contributed by atoms with E-state index in [0.29, 0.717) is 23.7 Å². The van der Waals surface area contributed by atoms with Crippen LogP contribution in [0.5, 0.6) is 5.75 Å². The van der Waals surface area contributed by atoms with Crippen LogP contribution in [0, 0.1) is 6.92 Å². The van der Waals surface area contributed by atoms with Crippen molar-refractivity contribution in [1.29, 1.82) is 0 Å². The number of amides is 1. The van der Waals surface area contributed by atoms with Gasteiger partial charge in [-0.3, -0.25) is 4.79 Å². The highest BCUT2D eigenvalue weighted by Gasteiger charge is 2.19. The summed E-state index contributed by atoms with van der Waals surface area (Å²) >= 11 is 3.42. The standard InChI is InChI=1S/C21H18BrN3O3/c1-13-17-8-5-15(22)11-18(17)28-20(13)21(26)24-19-9-10-23-25(19)12-14-3-6-16(27-2)7-4-14/h3-11H,12H2,1-2H3,(H,24,26). The van der Waals surface area contributed by atoms with Crippen molar-refractivity contribution in [2.45, 2.75) is 13.5 Å². The molecular weight excluding hydrogens is 422 g/mol. The number of halogens is 1. The fraction of sp³-hybridized carbons (Fsp3) is 0.143. The van der Waals surface area contributed by atoms with E-state index in [-0.39, 0.29) is 5.91 Å². The number of rotatable bonds is 5. The lowest BCUT2D eigenvalue weighted by Crippen LogP contribution is -2.16. The van der Waals surface area contributed by atoms with Crippen LogP contribution in [0.1, 0.15) is 21.7 Å². The number of methoxy groups -OCH3 is 1. The van der Waals surface area contributed by atoms with Crippen LogP contribution in [-0.2, 0) is 6.54 Å². The first-order valence-electron chi connectivity index (χ1n) is 8.70. The van der Waals surface area contributed by atoms with Gasteiger partial charge in [-0.05, 0) is 42.8 Å². The number of anilines is 1. The Morgan fingerprint density at radius 1 is 1.21 bits per heavy atom. The van der Waals surface area contributed by atoms with Crippen molar-refractivity contribution in [3.63, 3.8) is 0 Å². The quantitative estimate of drug-likeness (QED) is 0.474. The number of hydrogen-bond donors (Lipinski definition) is 1. The zero-order valence-corrected chi connectivity index (χ0v) is 17.0. The number of benzene rings is 2. The van der Waals surface area contributed by atoms with Crippen molar-refractivity contribution >= 4 is 38.6 Å². The smallest absolute Gasteiger partial charge is 0.292 e. The molecule has 6 nitrogen and oxygen atoms in total. The summed E-state index contributed by atoms with van der Waals surface area (Å²) in [6.45, 7) is 2.40. The number of aryl methyl sites for hydroxylation is 1. The van der Waals surface area contributed by atoms with E-state index in [4.69, 9.17) is 9.15 Å². The van der Waals surface area contributed by atoms with Gasteiger partial charge in [0.15, 0.2) is 5.76 Å². The maximum atomic E-state index is 12.8. The average molecular weight is 440 g/mol. The lowest BCUT2D eigenvalue weighted by Gasteiger charge is -2.09. The molecule has 4 aromatic rings. The van der Waals surface area contributed by atoms with Gasteiger partial charge in [-0.2, -0.15) is 5.10 Å². The molecule has 4 rings (SSSR count). The molecule has 2 heterocycles. The van der Waals surface area contributed by atoms with E-state index in [0.717, 1.165) is 26.7 Å². The van der Waals surface area contributed by atoms with Gasteiger partial charge in [0, 0.05) is 21.5 Å². The normalized spacial score (nSPS) is 11.0. The van der Waals surface area contributed by atoms with Crippen molar-refractivity contribution in [3.8, 4) is 5.75 Å². The summed E-state index contributed by atoms with van der Waals surface area (Å²) in [6, 6.07) is 15.2. The van der Waals surface area contributed by atoms with Crippen molar-refractivity contribution in [3.05, 3.63) is 76.1 Å². The zero-order chi connectivity index (χ0) is 19.7. The molecule has 142 valence electrons. The third-order valence-corrected chi connectivity index (χ3v) is 5.05. The van der Waals surface area contributed by atoms with Gasteiger partial charge in [-0.15, -0.1) is 0 Å². The monoisotopic (exact) mass is 439 g/mol. The lowest BCUT2D eigenvalue weighted by atomic mass is 10.1. The largest absolute Gasteiger partial charge is 0.497 e. The van der Waals surface area contributed by atoms with E-state index >= 15 is 0 Å². The van der Waals surface area contributed by atoms with Crippen LogP contribution in [0.2, 0.25) is 0 Å². The first kappa shape index (κ1) is 18.3. The Kier molecular flexibility index (Phi) is 4.92. The molecule has 0 radical (unpaired) electrons. The van der Waals surface area contributed by atoms with Crippen molar-refractivity contribution < 1.29 is 13.9 Å². The summed E-state index contributed by atoms with van der Waals surface area (Å²) in [7, 11) is 1.63. The molecular formula is C21H18BrN3O3. The number of nitrogens with one attached hydrogen (secondary N) is 1. The molecule has 0 fully saturated rings. The molecule has 0 spiro atoms. The molecule has 2 aromatic heterocycles. The number of fused-ring (bicyclic) bond motifs is 1. The molecule has 0 saturated heterocycles. The van der Waals surface area contributed by atoms with Crippen LogP contribution < -0.4 is 10.1 Å². The van der Waals surface area contributed by atoms with Gasteiger partial charge >= 0.3 is 0 Å². The van der Waals surface area contributed by atoms with E-state index in [1.165, 1.54) is 0 Å². The minimum atomic E-state index is -0.304. The zero-order valence-electron chi connectivity index (χ0n) is 15.4. The molecule has 0 aliphatic carbocycles. The topological polar surface area (TPSA) is 69.3 Å². The van der Waals surface area contributed by atoms with Crippen molar-refractivity contribution in [2.24, 2.45) is 0 Å². The number of ether oxygens (including phenoxy) is 1. The van der Waals surface area contributed by atoms with E-state index < -0.39 is 0 Å². The van der Waals surface area contributed by atoms with Gasteiger partial charge in [0.05, 0.1) is 19.9 Å². The molecule has 1 N–H and O–H groups in total. The predicted octanol–water partition coefficient (Wildman–Crippen LogP) is 5.01.